The highest BCUT2D eigenvalue weighted by atomic mass is 16.7. The number of benzene rings is 1. The molecule has 3 saturated heterocycles. The summed E-state index contributed by atoms with van der Waals surface area (Å²) in [6.45, 7) is 2.48. The molecule has 2 aromatic rings. The molecule has 1 aromatic heterocycles. The van der Waals surface area contributed by atoms with E-state index in [2.05, 4.69) is 11.9 Å². The van der Waals surface area contributed by atoms with E-state index in [1.54, 1.807) is 7.11 Å². The van der Waals surface area contributed by atoms with Gasteiger partial charge in [0.2, 0.25) is 0 Å². The molecule has 7 rings (SSSR count). The Morgan fingerprint density at radius 1 is 1.41 bits per heavy atom. The number of aromatic nitrogens is 1. The summed E-state index contributed by atoms with van der Waals surface area (Å²) in [5.74, 6) is 0.705. The van der Waals surface area contributed by atoms with Gasteiger partial charge >= 0.3 is 5.97 Å². The van der Waals surface area contributed by atoms with Crippen LogP contribution in [0.5, 0.6) is 5.75 Å². The number of ether oxygens (including phenoxy) is 3. The highest BCUT2D eigenvalue weighted by molar-refractivity contribution is 5.92. The van der Waals surface area contributed by atoms with Gasteiger partial charge in [-0.2, -0.15) is 0 Å². The number of piperidine rings is 2. The number of carbonyl (C=O) groups is 1. The summed E-state index contributed by atoms with van der Waals surface area (Å²) in [6.07, 6.45) is 1.73. The number of hydroxylamine groups is 3. The van der Waals surface area contributed by atoms with Crippen molar-refractivity contribution in [2.45, 2.75) is 50.0 Å². The van der Waals surface area contributed by atoms with Gasteiger partial charge in [0.05, 0.1) is 14.2 Å². The summed E-state index contributed by atoms with van der Waals surface area (Å²) in [5.41, 5.74) is 1.77. The number of methoxy groups -OCH3 is 2. The third kappa shape index (κ3) is 1.87. The van der Waals surface area contributed by atoms with Gasteiger partial charge in [-0.3, -0.25) is 4.79 Å². The van der Waals surface area contributed by atoms with Crippen LogP contribution in [0.15, 0.2) is 18.2 Å². The second-order valence-electron chi connectivity index (χ2n) is 9.15. The Bertz CT molecular complexity index is 1030. The van der Waals surface area contributed by atoms with E-state index in [9.17, 15) is 10.0 Å². The van der Waals surface area contributed by atoms with Gasteiger partial charge < -0.3 is 29.0 Å². The summed E-state index contributed by atoms with van der Waals surface area (Å²) in [5, 5.41) is 15.3. The standard InChI is InChI=1S/C22H26N2O5/c1-4-11-7-12-9-22(21(25)28-3)18-17(14-8-13(27-2)5-6-15(14)23-18)16-10-24(26,19(11)22)20(12)29-16/h5-6,8,11-12,16,19-20,23H,4,7,9-10H2,1-3H3. The van der Waals surface area contributed by atoms with Crippen molar-refractivity contribution in [3.8, 4) is 5.75 Å². The normalized spacial score (nSPS) is 41.4. The van der Waals surface area contributed by atoms with Gasteiger partial charge in [-0.05, 0) is 37.5 Å². The predicted octanol–water partition coefficient (Wildman–Crippen LogP) is 3.13. The van der Waals surface area contributed by atoms with Crippen LogP contribution in [0.4, 0.5) is 0 Å². The number of H-pyrrole nitrogens is 1. The van der Waals surface area contributed by atoms with Crippen LogP contribution in [0.25, 0.3) is 10.9 Å². The van der Waals surface area contributed by atoms with E-state index < -0.39 is 10.1 Å². The number of hydrogen-bond donors (Lipinski definition) is 1. The number of hydrogen-bond acceptors (Lipinski definition) is 5. The van der Waals surface area contributed by atoms with Crippen LogP contribution in [0.1, 0.15) is 43.5 Å². The Labute approximate surface area is 169 Å². The molecule has 7 unspecified atom stereocenters. The van der Waals surface area contributed by atoms with E-state index in [-0.39, 0.29) is 36.2 Å². The largest absolute Gasteiger partial charge is 0.631 e. The van der Waals surface area contributed by atoms with Crippen molar-refractivity contribution in [3.05, 3.63) is 34.7 Å². The molecular formula is C22H26N2O5. The summed E-state index contributed by atoms with van der Waals surface area (Å²) >= 11 is 0. The number of esters is 1. The van der Waals surface area contributed by atoms with Gasteiger partial charge in [0.25, 0.3) is 0 Å². The molecule has 0 amide bonds. The van der Waals surface area contributed by atoms with Crippen molar-refractivity contribution in [2.24, 2.45) is 11.8 Å². The first-order valence-corrected chi connectivity index (χ1v) is 10.5. The molecule has 154 valence electrons. The number of fused-ring (bicyclic) bond motifs is 6. The van der Waals surface area contributed by atoms with Crippen LogP contribution in [0, 0.1) is 17.0 Å². The van der Waals surface area contributed by atoms with Crippen LogP contribution in [-0.2, 0) is 19.7 Å². The van der Waals surface area contributed by atoms with Crippen molar-refractivity contribution >= 4 is 16.9 Å². The second-order valence-corrected chi connectivity index (χ2v) is 9.15. The first-order valence-electron chi connectivity index (χ1n) is 10.5. The molecule has 0 spiro atoms. The van der Waals surface area contributed by atoms with Crippen molar-refractivity contribution in [3.63, 3.8) is 0 Å². The van der Waals surface area contributed by atoms with E-state index in [1.165, 1.54) is 7.11 Å². The SMILES string of the molecule is CCC1CC2CC3(C(=O)OC)c4[nH]c5ccc(OC)cc5c4C4C[N+]([O-])(C2O4)C13. The third-order valence-corrected chi connectivity index (χ3v) is 8.09. The minimum absolute atomic E-state index is 0.0700. The first-order chi connectivity index (χ1) is 14.0. The highest BCUT2D eigenvalue weighted by Crippen LogP contribution is 2.65. The Morgan fingerprint density at radius 2 is 2.24 bits per heavy atom. The Kier molecular flexibility index (Phi) is 3.38. The topological polar surface area (TPSA) is 83.6 Å². The number of carbonyl (C=O) groups excluding carboxylic acids is 1. The quantitative estimate of drug-likeness (QED) is 0.488. The minimum Gasteiger partial charge on any atom is -0.631 e. The molecule has 0 radical (unpaired) electrons. The molecule has 5 bridgehead atoms. The minimum atomic E-state index is -0.948. The van der Waals surface area contributed by atoms with Gasteiger partial charge in [0.15, 0.2) is 11.6 Å². The van der Waals surface area contributed by atoms with Crippen LogP contribution in [0.3, 0.4) is 0 Å². The first kappa shape index (κ1) is 17.7. The zero-order valence-corrected chi connectivity index (χ0v) is 16.9. The molecule has 1 aromatic carbocycles. The smallest absolute Gasteiger partial charge is 0.324 e. The summed E-state index contributed by atoms with van der Waals surface area (Å²) in [4.78, 5) is 17.0. The molecule has 1 N–H and O–H groups in total. The van der Waals surface area contributed by atoms with E-state index in [1.807, 2.05) is 18.2 Å². The third-order valence-electron chi connectivity index (χ3n) is 8.09. The lowest BCUT2D eigenvalue weighted by molar-refractivity contribution is -0.953. The maximum atomic E-state index is 14.3. The van der Waals surface area contributed by atoms with Crippen LogP contribution < -0.4 is 4.74 Å². The molecule has 5 aliphatic rings. The monoisotopic (exact) mass is 398 g/mol. The maximum absolute atomic E-state index is 14.3. The Morgan fingerprint density at radius 3 is 2.97 bits per heavy atom. The van der Waals surface area contributed by atoms with Crippen molar-refractivity contribution in [1.29, 1.82) is 0 Å². The summed E-state index contributed by atoms with van der Waals surface area (Å²) in [6, 6.07) is 5.48. The van der Waals surface area contributed by atoms with Gasteiger partial charge in [-0.15, -0.1) is 0 Å². The summed E-state index contributed by atoms with van der Waals surface area (Å²) < 4.78 is 16.9. The highest BCUT2D eigenvalue weighted by Gasteiger charge is 2.74. The molecular weight excluding hydrogens is 372 g/mol. The fraction of sp³-hybridized carbons (Fsp3) is 0.591. The fourth-order valence-corrected chi connectivity index (χ4v) is 7.19. The van der Waals surface area contributed by atoms with Crippen molar-refractivity contribution < 1.29 is 23.7 Å². The van der Waals surface area contributed by atoms with Crippen molar-refractivity contribution in [2.75, 3.05) is 20.8 Å². The molecule has 29 heavy (non-hydrogen) atoms. The molecule has 7 atom stereocenters. The average Bonchev–Trinajstić information content (AvgIpc) is 3.28. The van der Waals surface area contributed by atoms with Gasteiger partial charge in [0.1, 0.15) is 24.4 Å². The van der Waals surface area contributed by atoms with Crippen LogP contribution in [-0.4, -0.2) is 48.6 Å². The summed E-state index contributed by atoms with van der Waals surface area (Å²) in [7, 11) is 3.08. The van der Waals surface area contributed by atoms with E-state index in [0.717, 1.165) is 40.8 Å². The molecule has 7 heteroatoms. The van der Waals surface area contributed by atoms with E-state index in [4.69, 9.17) is 14.2 Å². The Hall–Kier alpha value is -2.09. The predicted molar refractivity (Wildman–Crippen MR) is 105 cm³/mol. The Balaban J connectivity index is 1.71. The fourth-order valence-electron chi connectivity index (χ4n) is 7.19. The molecule has 7 nitrogen and oxygen atoms in total. The number of rotatable bonds is 3. The number of nitrogens with one attached hydrogen (secondary N) is 1. The zero-order chi connectivity index (χ0) is 20.1. The molecule has 1 aliphatic carbocycles. The van der Waals surface area contributed by atoms with Gasteiger partial charge in [0, 0.05) is 34.0 Å². The van der Waals surface area contributed by atoms with Crippen LogP contribution in [0.2, 0.25) is 0 Å². The lowest BCUT2D eigenvalue weighted by Gasteiger charge is -2.65. The maximum Gasteiger partial charge on any atom is 0.324 e. The lowest BCUT2D eigenvalue weighted by Crippen LogP contribution is -2.76. The lowest BCUT2D eigenvalue weighted by atomic mass is 9.55. The van der Waals surface area contributed by atoms with Gasteiger partial charge in [-0.1, -0.05) is 6.92 Å². The van der Waals surface area contributed by atoms with Crippen LogP contribution >= 0.6 is 0 Å². The molecule has 4 fully saturated rings. The molecule has 1 saturated carbocycles. The number of quaternary nitrogens is 1. The van der Waals surface area contributed by atoms with Gasteiger partial charge in [-0.25, -0.2) is 0 Å². The van der Waals surface area contributed by atoms with Crippen molar-refractivity contribution in [1.82, 2.24) is 4.98 Å². The zero-order valence-electron chi connectivity index (χ0n) is 16.9. The second kappa shape index (κ2) is 5.53. The molecule has 5 heterocycles. The van der Waals surface area contributed by atoms with E-state index >= 15 is 0 Å². The number of nitrogens with zero attached hydrogens (tertiary/aromatic N) is 1. The number of aromatic amines is 1. The average molecular weight is 398 g/mol. The molecule has 4 aliphatic heterocycles. The van der Waals surface area contributed by atoms with E-state index in [0.29, 0.717) is 13.0 Å².